The van der Waals surface area contributed by atoms with Crippen LogP contribution in [0.15, 0.2) is 47.4 Å². The minimum atomic E-state index is -4.48. The van der Waals surface area contributed by atoms with Gasteiger partial charge in [-0.3, -0.25) is 0 Å². The van der Waals surface area contributed by atoms with Crippen LogP contribution in [0.4, 0.5) is 17.6 Å². The second-order valence-electron chi connectivity index (χ2n) is 4.78. The molecule has 0 heterocycles. The average Bonchev–Trinajstić information content (AvgIpc) is 2.53. The van der Waals surface area contributed by atoms with E-state index < -0.39 is 27.6 Å². The van der Waals surface area contributed by atoms with Gasteiger partial charge in [0.15, 0.2) is 0 Å². The van der Waals surface area contributed by atoms with Gasteiger partial charge in [-0.2, -0.15) is 17.9 Å². The van der Waals surface area contributed by atoms with E-state index in [2.05, 4.69) is 16.6 Å². The normalized spacial score (nSPS) is 11.7. The van der Waals surface area contributed by atoms with Gasteiger partial charge < -0.3 is 0 Å². The molecule has 1 N–H and O–H groups in total. The van der Waals surface area contributed by atoms with Crippen molar-refractivity contribution in [2.75, 3.05) is 6.54 Å². The van der Waals surface area contributed by atoms with E-state index in [1.54, 1.807) is 0 Å². The second kappa shape index (κ2) is 7.44. The zero-order valence-corrected chi connectivity index (χ0v) is 13.9. The first-order valence-corrected chi connectivity index (χ1v) is 8.56. The number of rotatable bonds is 3. The Balaban J connectivity index is 2.08. The second-order valence-corrected chi connectivity index (χ2v) is 6.95. The average molecular weight is 392 g/mol. The van der Waals surface area contributed by atoms with Crippen LogP contribution in [-0.2, 0) is 16.2 Å². The van der Waals surface area contributed by atoms with Crippen LogP contribution in [0.2, 0.25) is 5.02 Å². The number of hydrogen-bond donors (Lipinski definition) is 1. The van der Waals surface area contributed by atoms with E-state index in [1.165, 1.54) is 12.1 Å². The SMILES string of the molecule is O=S(=O)(NCC#Cc1cccc(C(F)(F)F)c1)c1ccc(F)c(Cl)c1. The molecule has 0 bridgehead atoms. The zero-order valence-electron chi connectivity index (χ0n) is 12.4. The van der Waals surface area contributed by atoms with Crippen LogP contribution < -0.4 is 4.72 Å². The Morgan fingerprint density at radius 2 is 1.84 bits per heavy atom. The monoisotopic (exact) mass is 391 g/mol. The number of nitrogens with one attached hydrogen (secondary N) is 1. The van der Waals surface area contributed by atoms with Gasteiger partial charge in [0, 0.05) is 5.56 Å². The molecule has 132 valence electrons. The summed E-state index contributed by atoms with van der Waals surface area (Å²) in [5, 5.41) is -0.349. The lowest BCUT2D eigenvalue weighted by Gasteiger charge is -2.06. The Bertz CT molecular complexity index is 947. The quantitative estimate of drug-likeness (QED) is 0.638. The van der Waals surface area contributed by atoms with Crippen LogP contribution in [-0.4, -0.2) is 15.0 Å². The molecule has 0 saturated carbocycles. The number of sulfonamides is 1. The topological polar surface area (TPSA) is 46.2 Å². The molecule has 3 nitrogen and oxygen atoms in total. The standard InChI is InChI=1S/C16H10ClF4NO2S/c17-14-10-13(6-7-15(14)18)25(23,24)22-8-2-4-11-3-1-5-12(9-11)16(19,20)21/h1,3,5-7,9-10,22H,8H2. The fraction of sp³-hybridized carbons (Fsp3) is 0.125. The van der Waals surface area contributed by atoms with Crippen LogP contribution in [0.25, 0.3) is 0 Å². The first kappa shape index (κ1) is 19.2. The van der Waals surface area contributed by atoms with Crippen molar-refractivity contribution in [2.45, 2.75) is 11.1 Å². The van der Waals surface area contributed by atoms with Crippen LogP contribution in [0, 0.1) is 17.7 Å². The van der Waals surface area contributed by atoms with Gasteiger partial charge in [-0.1, -0.05) is 29.5 Å². The molecule has 0 saturated heterocycles. The molecule has 0 aromatic heterocycles. The largest absolute Gasteiger partial charge is 0.416 e. The minimum absolute atomic E-state index is 0.0962. The van der Waals surface area contributed by atoms with E-state index in [0.717, 1.165) is 30.3 Å². The molecule has 0 radical (unpaired) electrons. The number of halogens is 5. The molecule has 2 rings (SSSR count). The molecular weight excluding hydrogens is 382 g/mol. The van der Waals surface area contributed by atoms with E-state index in [4.69, 9.17) is 11.6 Å². The van der Waals surface area contributed by atoms with Gasteiger partial charge in [0.1, 0.15) is 5.82 Å². The third-order valence-corrected chi connectivity index (χ3v) is 4.66. The first-order valence-electron chi connectivity index (χ1n) is 6.70. The molecule has 2 aromatic carbocycles. The summed E-state index contributed by atoms with van der Waals surface area (Å²) in [6.45, 7) is -0.340. The Morgan fingerprint density at radius 1 is 1.12 bits per heavy atom. The van der Waals surface area contributed by atoms with Gasteiger partial charge >= 0.3 is 6.18 Å². The zero-order chi connectivity index (χ0) is 18.7. The summed E-state index contributed by atoms with van der Waals surface area (Å²) in [5.41, 5.74) is -0.750. The lowest BCUT2D eigenvalue weighted by atomic mass is 10.1. The third-order valence-electron chi connectivity index (χ3n) is 2.97. The fourth-order valence-electron chi connectivity index (χ4n) is 1.78. The molecule has 25 heavy (non-hydrogen) atoms. The lowest BCUT2D eigenvalue weighted by molar-refractivity contribution is -0.137. The van der Waals surface area contributed by atoms with Crippen molar-refractivity contribution >= 4 is 21.6 Å². The number of benzene rings is 2. The third kappa shape index (κ3) is 5.19. The molecule has 0 aliphatic carbocycles. The van der Waals surface area contributed by atoms with Gasteiger partial charge in [-0.15, -0.1) is 0 Å². The predicted octanol–water partition coefficient (Wildman–Crippen LogP) is 3.83. The first-order chi connectivity index (χ1) is 11.6. The molecule has 0 atom stereocenters. The van der Waals surface area contributed by atoms with E-state index in [1.807, 2.05) is 0 Å². The summed E-state index contributed by atoms with van der Waals surface area (Å²) in [6.07, 6.45) is -4.48. The molecule has 0 spiro atoms. The summed E-state index contributed by atoms with van der Waals surface area (Å²) in [4.78, 5) is -0.250. The molecule has 0 amide bonds. The summed E-state index contributed by atoms with van der Waals surface area (Å²) in [6, 6.07) is 7.23. The molecule has 2 aromatic rings. The van der Waals surface area contributed by atoms with Gasteiger partial charge in [-0.25, -0.2) is 12.8 Å². The highest BCUT2D eigenvalue weighted by atomic mass is 35.5. The van der Waals surface area contributed by atoms with Crippen LogP contribution in [0.1, 0.15) is 11.1 Å². The summed E-state index contributed by atoms with van der Waals surface area (Å²) < 4.78 is 76.9. The summed E-state index contributed by atoms with van der Waals surface area (Å²) in [5.74, 6) is 4.10. The minimum Gasteiger partial charge on any atom is -0.207 e. The molecule has 0 unspecified atom stereocenters. The van der Waals surface area contributed by atoms with Crippen molar-refractivity contribution in [1.82, 2.24) is 4.72 Å². The number of alkyl halides is 3. The Kier molecular flexibility index (Phi) is 5.72. The highest BCUT2D eigenvalue weighted by molar-refractivity contribution is 7.89. The van der Waals surface area contributed by atoms with Gasteiger partial charge in [-0.05, 0) is 36.4 Å². The molecule has 0 aliphatic rings. The van der Waals surface area contributed by atoms with E-state index in [9.17, 15) is 26.0 Å². The number of hydrogen-bond acceptors (Lipinski definition) is 2. The van der Waals surface area contributed by atoms with E-state index in [-0.39, 0.29) is 22.0 Å². The van der Waals surface area contributed by atoms with Crippen LogP contribution in [0.3, 0.4) is 0 Å². The Hall–Kier alpha value is -2.08. The van der Waals surface area contributed by atoms with Crippen molar-refractivity contribution in [1.29, 1.82) is 0 Å². The molecule has 9 heteroatoms. The van der Waals surface area contributed by atoms with Crippen LogP contribution >= 0.6 is 11.6 Å². The Labute approximate surface area is 146 Å². The van der Waals surface area contributed by atoms with E-state index >= 15 is 0 Å². The van der Waals surface area contributed by atoms with Crippen molar-refractivity contribution in [3.05, 3.63) is 64.4 Å². The Morgan fingerprint density at radius 3 is 2.48 bits per heavy atom. The van der Waals surface area contributed by atoms with Crippen LogP contribution in [0.5, 0.6) is 0 Å². The summed E-state index contributed by atoms with van der Waals surface area (Å²) >= 11 is 5.53. The van der Waals surface area contributed by atoms with Crippen molar-refractivity contribution in [3.8, 4) is 11.8 Å². The maximum absolute atomic E-state index is 13.0. The molecular formula is C16H10ClF4NO2S. The van der Waals surface area contributed by atoms with Gasteiger partial charge in [0.05, 0.1) is 22.0 Å². The van der Waals surface area contributed by atoms with Gasteiger partial charge in [0.2, 0.25) is 10.0 Å². The summed E-state index contributed by atoms with van der Waals surface area (Å²) in [7, 11) is -3.97. The highest BCUT2D eigenvalue weighted by Crippen LogP contribution is 2.29. The van der Waals surface area contributed by atoms with E-state index in [0.29, 0.717) is 0 Å². The van der Waals surface area contributed by atoms with Crippen molar-refractivity contribution in [3.63, 3.8) is 0 Å². The van der Waals surface area contributed by atoms with Crippen molar-refractivity contribution in [2.24, 2.45) is 0 Å². The van der Waals surface area contributed by atoms with Crippen molar-refractivity contribution < 1.29 is 26.0 Å². The highest BCUT2D eigenvalue weighted by Gasteiger charge is 2.30. The maximum Gasteiger partial charge on any atom is 0.416 e. The predicted molar refractivity (Wildman–Crippen MR) is 84.9 cm³/mol. The maximum atomic E-state index is 13.0. The lowest BCUT2D eigenvalue weighted by Crippen LogP contribution is -2.24. The smallest absolute Gasteiger partial charge is 0.207 e. The molecule has 0 aliphatic heterocycles. The fourth-order valence-corrected chi connectivity index (χ4v) is 2.97. The van der Waals surface area contributed by atoms with Gasteiger partial charge in [0.25, 0.3) is 0 Å². The molecule has 0 fully saturated rings.